The van der Waals surface area contributed by atoms with Crippen LogP contribution < -0.4 is 10.6 Å². The first-order valence-corrected chi connectivity index (χ1v) is 9.86. The topological polar surface area (TPSA) is 56.7 Å². The summed E-state index contributed by atoms with van der Waals surface area (Å²) in [6.07, 6.45) is 0.975. The molecule has 6 heteroatoms. The van der Waals surface area contributed by atoms with Crippen molar-refractivity contribution in [1.82, 2.24) is 15.5 Å². The van der Waals surface area contributed by atoms with Gasteiger partial charge in [0, 0.05) is 32.6 Å². The maximum atomic E-state index is 11.9. The fourth-order valence-electron chi connectivity index (χ4n) is 2.77. The van der Waals surface area contributed by atoms with Crippen molar-refractivity contribution in [2.24, 2.45) is 4.99 Å². The highest BCUT2D eigenvalue weighted by atomic mass is 127. The zero-order valence-corrected chi connectivity index (χ0v) is 20.1. The molecule has 158 valence electrons. The van der Waals surface area contributed by atoms with Crippen LogP contribution in [-0.4, -0.2) is 50.0 Å². The van der Waals surface area contributed by atoms with Crippen LogP contribution in [0, 0.1) is 0 Å². The lowest BCUT2D eigenvalue weighted by molar-refractivity contribution is -0.127. The van der Waals surface area contributed by atoms with E-state index in [1.165, 1.54) is 11.1 Å². The number of rotatable bonds is 8. The second-order valence-electron chi connectivity index (χ2n) is 7.16. The lowest BCUT2D eigenvalue weighted by Gasteiger charge is -2.22. The van der Waals surface area contributed by atoms with E-state index in [0.29, 0.717) is 12.5 Å². The van der Waals surface area contributed by atoms with Crippen LogP contribution in [0.5, 0.6) is 0 Å². The number of nitrogens with one attached hydrogen (secondary N) is 2. The summed E-state index contributed by atoms with van der Waals surface area (Å²) in [5.74, 6) is 0.838. The second kappa shape index (κ2) is 13.2. The number of nitrogens with zero attached hydrogens (tertiary/aromatic N) is 2. The molecule has 1 atom stereocenters. The van der Waals surface area contributed by atoms with Gasteiger partial charge in [-0.05, 0) is 24.5 Å². The summed E-state index contributed by atoms with van der Waals surface area (Å²) in [5, 5.41) is 6.83. The van der Waals surface area contributed by atoms with E-state index in [-0.39, 0.29) is 48.4 Å². The molecule has 0 spiro atoms. The van der Waals surface area contributed by atoms with Gasteiger partial charge in [-0.1, -0.05) is 67.6 Å². The van der Waals surface area contributed by atoms with Crippen LogP contribution in [0.4, 0.5) is 0 Å². The average Bonchev–Trinajstić information content (AvgIpc) is 2.73. The Balaban J connectivity index is 0.00000420. The van der Waals surface area contributed by atoms with E-state index in [2.05, 4.69) is 78.0 Å². The highest BCUT2D eigenvalue weighted by Gasteiger charge is 2.15. The Kier molecular flexibility index (Phi) is 11.3. The SMILES string of the molecule is CCC(C)NC(=NCC(=O)N(C)C)NCC(c1ccccc1)c1ccccc1.I. The number of likely N-dealkylation sites (N-methyl/N-ethyl adjacent to an activating group) is 1. The van der Waals surface area contributed by atoms with Gasteiger partial charge in [-0.2, -0.15) is 0 Å². The first kappa shape index (κ1) is 24.9. The number of hydrogen-bond acceptors (Lipinski definition) is 2. The summed E-state index contributed by atoms with van der Waals surface area (Å²) in [7, 11) is 3.49. The van der Waals surface area contributed by atoms with Gasteiger partial charge in [-0.25, -0.2) is 4.99 Å². The van der Waals surface area contributed by atoms with Gasteiger partial charge in [0.25, 0.3) is 0 Å². The molecular formula is C23H33IN4O. The van der Waals surface area contributed by atoms with Crippen LogP contribution in [0.2, 0.25) is 0 Å². The Hall–Kier alpha value is -2.09. The molecule has 0 aliphatic heterocycles. The largest absolute Gasteiger partial charge is 0.355 e. The highest BCUT2D eigenvalue weighted by molar-refractivity contribution is 14.0. The van der Waals surface area contributed by atoms with E-state index in [1.54, 1.807) is 19.0 Å². The first-order chi connectivity index (χ1) is 13.5. The maximum Gasteiger partial charge on any atom is 0.243 e. The number of carbonyl (C=O) groups is 1. The molecule has 2 N–H and O–H groups in total. The van der Waals surface area contributed by atoms with E-state index in [4.69, 9.17) is 0 Å². The molecule has 29 heavy (non-hydrogen) atoms. The zero-order chi connectivity index (χ0) is 20.4. The number of carbonyl (C=O) groups excluding carboxylic acids is 1. The molecule has 2 rings (SSSR count). The monoisotopic (exact) mass is 508 g/mol. The third-order valence-corrected chi connectivity index (χ3v) is 4.74. The molecule has 1 amide bonds. The smallest absolute Gasteiger partial charge is 0.243 e. The zero-order valence-electron chi connectivity index (χ0n) is 17.8. The molecule has 1 unspecified atom stereocenters. The Morgan fingerprint density at radius 2 is 1.52 bits per heavy atom. The Morgan fingerprint density at radius 3 is 1.97 bits per heavy atom. The van der Waals surface area contributed by atoms with Crippen molar-refractivity contribution in [1.29, 1.82) is 0 Å². The quantitative estimate of drug-likeness (QED) is 0.324. The molecule has 0 aromatic heterocycles. The summed E-state index contributed by atoms with van der Waals surface area (Å²) in [5.41, 5.74) is 2.49. The highest BCUT2D eigenvalue weighted by Crippen LogP contribution is 2.23. The molecule has 0 fully saturated rings. The minimum atomic E-state index is -0.0204. The molecule has 0 saturated heterocycles. The van der Waals surface area contributed by atoms with E-state index in [9.17, 15) is 4.79 Å². The van der Waals surface area contributed by atoms with Gasteiger partial charge >= 0.3 is 0 Å². The third-order valence-electron chi connectivity index (χ3n) is 4.74. The van der Waals surface area contributed by atoms with E-state index in [1.807, 2.05) is 12.1 Å². The number of benzene rings is 2. The van der Waals surface area contributed by atoms with Crippen LogP contribution in [0.1, 0.15) is 37.3 Å². The van der Waals surface area contributed by atoms with Crippen molar-refractivity contribution in [3.8, 4) is 0 Å². The lowest BCUT2D eigenvalue weighted by Crippen LogP contribution is -2.44. The molecule has 0 aliphatic rings. The summed E-state index contributed by atoms with van der Waals surface area (Å²) in [4.78, 5) is 18.0. The van der Waals surface area contributed by atoms with Gasteiger partial charge in [-0.15, -0.1) is 24.0 Å². The van der Waals surface area contributed by atoms with Gasteiger partial charge in [0.15, 0.2) is 5.96 Å². The summed E-state index contributed by atoms with van der Waals surface area (Å²) in [6.45, 7) is 5.04. The van der Waals surface area contributed by atoms with Crippen molar-refractivity contribution in [2.75, 3.05) is 27.2 Å². The number of amides is 1. The Bertz CT molecular complexity index is 710. The molecule has 0 aliphatic carbocycles. The molecular weight excluding hydrogens is 475 g/mol. The predicted molar refractivity (Wildman–Crippen MR) is 132 cm³/mol. The van der Waals surface area contributed by atoms with Gasteiger partial charge in [0.1, 0.15) is 6.54 Å². The second-order valence-corrected chi connectivity index (χ2v) is 7.16. The summed E-state index contributed by atoms with van der Waals surface area (Å²) < 4.78 is 0. The number of aliphatic imine (C=N–C) groups is 1. The van der Waals surface area contributed by atoms with Crippen molar-refractivity contribution in [3.05, 3.63) is 71.8 Å². The maximum absolute atomic E-state index is 11.9. The first-order valence-electron chi connectivity index (χ1n) is 9.86. The van der Waals surface area contributed by atoms with Crippen LogP contribution in [-0.2, 0) is 4.79 Å². The van der Waals surface area contributed by atoms with E-state index < -0.39 is 0 Å². The molecule has 0 bridgehead atoms. The van der Waals surface area contributed by atoms with Gasteiger partial charge in [0.2, 0.25) is 5.91 Å². The van der Waals surface area contributed by atoms with Crippen LogP contribution in [0.15, 0.2) is 65.7 Å². The number of halogens is 1. The minimum absolute atomic E-state index is 0. The molecule has 5 nitrogen and oxygen atoms in total. The normalized spacial score (nSPS) is 12.1. The Labute approximate surface area is 192 Å². The van der Waals surface area contributed by atoms with Crippen LogP contribution in [0.3, 0.4) is 0 Å². The number of guanidine groups is 1. The minimum Gasteiger partial charge on any atom is -0.355 e. The van der Waals surface area contributed by atoms with E-state index >= 15 is 0 Å². The average molecular weight is 508 g/mol. The van der Waals surface area contributed by atoms with Crippen LogP contribution in [0.25, 0.3) is 0 Å². The van der Waals surface area contributed by atoms with Crippen molar-refractivity contribution >= 4 is 35.8 Å². The molecule has 2 aromatic rings. The third kappa shape index (κ3) is 8.43. The summed E-state index contributed by atoms with van der Waals surface area (Å²) in [6, 6.07) is 21.2. The molecule has 0 saturated carbocycles. The van der Waals surface area contributed by atoms with Gasteiger partial charge in [0.05, 0.1) is 0 Å². The number of hydrogen-bond donors (Lipinski definition) is 2. The summed E-state index contributed by atoms with van der Waals surface area (Å²) >= 11 is 0. The van der Waals surface area contributed by atoms with Crippen LogP contribution >= 0.6 is 24.0 Å². The standard InChI is InChI=1S/C23H32N4O.HI/c1-5-18(2)26-23(25-17-22(28)27(3)4)24-16-21(19-12-8-6-9-13-19)20-14-10-7-11-15-20;/h6-15,18,21H,5,16-17H2,1-4H3,(H2,24,25,26);1H. The van der Waals surface area contributed by atoms with Gasteiger partial charge < -0.3 is 15.5 Å². The van der Waals surface area contributed by atoms with Crippen molar-refractivity contribution in [3.63, 3.8) is 0 Å². The lowest BCUT2D eigenvalue weighted by atomic mass is 9.91. The van der Waals surface area contributed by atoms with E-state index in [0.717, 1.165) is 6.42 Å². The van der Waals surface area contributed by atoms with Crippen molar-refractivity contribution < 1.29 is 4.79 Å². The fraction of sp³-hybridized carbons (Fsp3) is 0.391. The fourth-order valence-corrected chi connectivity index (χ4v) is 2.77. The molecule has 0 heterocycles. The molecule has 0 radical (unpaired) electrons. The van der Waals surface area contributed by atoms with Gasteiger partial charge in [-0.3, -0.25) is 4.79 Å². The van der Waals surface area contributed by atoms with Crippen molar-refractivity contribution in [2.45, 2.75) is 32.2 Å². The molecule has 2 aromatic carbocycles. The predicted octanol–water partition coefficient (Wildman–Crippen LogP) is 3.86. The Morgan fingerprint density at radius 1 is 1.00 bits per heavy atom.